The van der Waals surface area contributed by atoms with Gasteiger partial charge in [0.15, 0.2) is 0 Å². The van der Waals surface area contributed by atoms with Crippen LogP contribution in [0, 0.1) is 0 Å². The fraction of sp³-hybridized carbons (Fsp3) is 0.211. The molecule has 0 aromatic heterocycles. The smallest absolute Gasteiger partial charge is 0.251 e. The predicted octanol–water partition coefficient (Wildman–Crippen LogP) is 1.48. The summed E-state index contributed by atoms with van der Waals surface area (Å²) in [5.74, 6) is -0.538. The van der Waals surface area contributed by atoms with Crippen molar-refractivity contribution in [2.45, 2.75) is 19.4 Å². The Morgan fingerprint density at radius 3 is 2.15 bits per heavy atom. The number of benzene rings is 2. The number of primary amides is 1. The molecule has 0 saturated carbocycles. The Kier molecular flexibility index (Phi) is 6.32. The molecule has 0 bridgehead atoms. The molecule has 2 rings (SSSR count). The minimum atomic E-state index is -0.842. The van der Waals surface area contributed by atoms with Crippen molar-refractivity contribution in [3.8, 4) is 5.75 Å². The molecular formula is C19H21N3O4. The predicted molar refractivity (Wildman–Crippen MR) is 97.9 cm³/mol. The molecule has 136 valence electrons. The third-order valence-corrected chi connectivity index (χ3v) is 3.72. The monoisotopic (exact) mass is 355 g/mol. The van der Waals surface area contributed by atoms with Crippen molar-refractivity contribution in [3.63, 3.8) is 0 Å². The number of carbonyl (C=O) groups is 3. The Labute approximate surface area is 151 Å². The van der Waals surface area contributed by atoms with E-state index in [1.165, 1.54) is 6.92 Å². The molecule has 26 heavy (non-hydrogen) atoms. The molecule has 2 aromatic carbocycles. The number of carbonyl (C=O) groups excluding carboxylic acids is 3. The van der Waals surface area contributed by atoms with E-state index >= 15 is 0 Å². The molecule has 0 aliphatic carbocycles. The summed E-state index contributed by atoms with van der Waals surface area (Å²) in [5, 5.41) is 5.25. The first-order valence-electron chi connectivity index (χ1n) is 8.00. The van der Waals surface area contributed by atoms with Gasteiger partial charge in [-0.15, -0.1) is 0 Å². The Balaban J connectivity index is 2.04. The summed E-state index contributed by atoms with van der Waals surface area (Å²) in [7, 11) is 1.57. The van der Waals surface area contributed by atoms with Crippen molar-refractivity contribution in [2.24, 2.45) is 5.73 Å². The molecule has 0 heterocycles. The maximum Gasteiger partial charge on any atom is 0.251 e. The normalized spacial score (nSPS) is 11.3. The van der Waals surface area contributed by atoms with Crippen LogP contribution >= 0.6 is 0 Å². The van der Waals surface area contributed by atoms with Crippen molar-refractivity contribution >= 4 is 23.4 Å². The SMILES string of the molecule is COc1ccc(C[C@@H](NC(=O)c2ccc(NC(C)=O)cc2)C(N)=O)cc1. The van der Waals surface area contributed by atoms with Crippen LogP contribution in [0.4, 0.5) is 5.69 Å². The van der Waals surface area contributed by atoms with Crippen LogP contribution in [0.5, 0.6) is 5.75 Å². The van der Waals surface area contributed by atoms with Gasteiger partial charge in [0.2, 0.25) is 11.8 Å². The molecule has 0 spiro atoms. The first-order chi connectivity index (χ1) is 12.4. The third kappa shape index (κ3) is 5.34. The lowest BCUT2D eigenvalue weighted by Gasteiger charge is -2.16. The van der Waals surface area contributed by atoms with Gasteiger partial charge in [-0.25, -0.2) is 0 Å². The van der Waals surface area contributed by atoms with Gasteiger partial charge in [-0.05, 0) is 42.0 Å². The Morgan fingerprint density at radius 1 is 1.04 bits per heavy atom. The molecule has 0 fully saturated rings. The number of anilines is 1. The standard InChI is InChI=1S/C19H21N3O4/c1-12(23)21-15-7-5-14(6-8-15)19(25)22-17(18(20)24)11-13-3-9-16(26-2)10-4-13/h3-10,17H,11H2,1-2H3,(H2,20,24)(H,21,23)(H,22,25)/t17-/m1/s1. The molecule has 2 aromatic rings. The van der Waals surface area contributed by atoms with Crippen molar-refractivity contribution in [1.29, 1.82) is 0 Å². The number of amides is 3. The Hall–Kier alpha value is -3.35. The topological polar surface area (TPSA) is 111 Å². The zero-order chi connectivity index (χ0) is 19.1. The van der Waals surface area contributed by atoms with E-state index in [4.69, 9.17) is 10.5 Å². The van der Waals surface area contributed by atoms with Gasteiger partial charge in [0, 0.05) is 24.6 Å². The number of hydrogen-bond donors (Lipinski definition) is 3. The highest BCUT2D eigenvalue weighted by Gasteiger charge is 2.19. The van der Waals surface area contributed by atoms with Crippen LogP contribution < -0.4 is 21.1 Å². The van der Waals surface area contributed by atoms with Gasteiger partial charge in [-0.3, -0.25) is 14.4 Å². The van der Waals surface area contributed by atoms with E-state index < -0.39 is 17.9 Å². The van der Waals surface area contributed by atoms with Gasteiger partial charge in [0.05, 0.1) is 7.11 Å². The van der Waals surface area contributed by atoms with Crippen LogP contribution in [0.15, 0.2) is 48.5 Å². The highest BCUT2D eigenvalue weighted by molar-refractivity contribution is 5.98. The fourth-order valence-electron chi connectivity index (χ4n) is 2.37. The third-order valence-electron chi connectivity index (χ3n) is 3.72. The quantitative estimate of drug-likeness (QED) is 0.698. The maximum absolute atomic E-state index is 12.4. The number of ether oxygens (including phenoxy) is 1. The van der Waals surface area contributed by atoms with Crippen molar-refractivity contribution in [3.05, 3.63) is 59.7 Å². The molecule has 0 radical (unpaired) electrons. The molecule has 0 aliphatic rings. The van der Waals surface area contributed by atoms with Crippen LogP contribution in [0.1, 0.15) is 22.8 Å². The molecule has 0 saturated heterocycles. The highest BCUT2D eigenvalue weighted by atomic mass is 16.5. The molecule has 0 aliphatic heterocycles. The average molecular weight is 355 g/mol. The second kappa shape index (κ2) is 8.66. The van der Waals surface area contributed by atoms with Crippen molar-refractivity contribution < 1.29 is 19.1 Å². The van der Waals surface area contributed by atoms with Gasteiger partial charge in [0.25, 0.3) is 5.91 Å². The summed E-state index contributed by atoms with van der Waals surface area (Å²) in [6, 6.07) is 12.7. The Bertz CT molecular complexity index is 785. The fourth-order valence-corrected chi connectivity index (χ4v) is 2.37. The number of rotatable bonds is 7. The summed E-state index contributed by atoms with van der Waals surface area (Å²) in [6.07, 6.45) is 0.273. The lowest BCUT2D eigenvalue weighted by atomic mass is 10.0. The second-order valence-corrected chi connectivity index (χ2v) is 5.74. The van der Waals surface area contributed by atoms with Crippen molar-refractivity contribution in [2.75, 3.05) is 12.4 Å². The summed E-state index contributed by atoms with van der Waals surface area (Å²) in [5.41, 5.74) is 7.21. The number of nitrogens with two attached hydrogens (primary N) is 1. The van der Waals surface area contributed by atoms with E-state index in [1.54, 1.807) is 43.5 Å². The van der Waals surface area contributed by atoms with E-state index in [9.17, 15) is 14.4 Å². The van der Waals surface area contributed by atoms with E-state index in [0.29, 0.717) is 17.0 Å². The number of nitrogens with one attached hydrogen (secondary N) is 2. The van der Waals surface area contributed by atoms with E-state index in [2.05, 4.69) is 10.6 Å². The first kappa shape index (κ1) is 19.0. The van der Waals surface area contributed by atoms with Gasteiger partial charge < -0.3 is 21.1 Å². The van der Waals surface area contributed by atoms with Crippen LogP contribution in [0.3, 0.4) is 0 Å². The number of hydrogen-bond acceptors (Lipinski definition) is 4. The summed E-state index contributed by atoms with van der Waals surface area (Å²) >= 11 is 0. The molecule has 3 amide bonds. The van der Waals surface area contributed by atoms with Gasteiger partial charge in [-0.1, -0.05) is 12.1 Å². The summed E-state index contributed by atoms with van der Waals surface area (Å²) in [4.78, 5) is 35.1. The van der Waals surface area contributed by atoms with E-state index in [1.807, 2.05) is 12.1 Å². The van der Waals surface area contributed by atoms with E-state index in [0.717, 1.165) is 5.56 Å². The largest absolute Gasteiger partial charge is 0.497 e. The number of methoxy groups -OCH3 is 1. The summed E-state index contributed by atoms with van der Waals surface area (Å²) < 4.78 is 5.09. The maximum atomic E-state index is 12.4. The van der Waals surface area contributed by atoms with Crippen LogP contribution in [0.2, 0.25) is 0 Å². The van der Waals surface area contributed by atoms with Gasteiger partial charge >= 0.3 is 0 Å². The molecule has 7 nitrogen and oxygen atoms in total. The average Bonchev–Trinajstić information content (AvgIpc) is 2.61. The second-order valence-electron chi connectivity index (χ2n) is 5.74. The lowest BCUT2D eigenvalue weighted by Crippen LogP contribution is -2.45. The zero-order valence-electron chi connectivity index (χ0n) is 14.6. The highest BCUT2D eigenvalue weighted by Crippen LogP contribution is 2.13. The lowest BCUT2D eigenvalue weighted by molar-refractivity contribution is -0.119. The minimum Gasteiger partial charge on any atom is -0.497 e. The molecule has 1 atom stereocenters. The Morgan fingerprint density at radius 2 is 1.65 bits per heavy atom. The van der Waals surface area contributed by atoms with Crippen LogP contribution in [-0.4, -0.2) is 30.9 Å². The van der Waals surface area contributed by atoms with Crippen LogP contribution in [0.25, 0.3) is 0 Å². The molecule has 4 N–H and O–H groups in total. The van der Waals surface area contributed by atoms with Gasteiger partial charge in [-0.2, -0.15) is 0 Å². The zero-order valence-corrected chi connectivity index (χ0v) is 14.6. The first-order valence-corrected chi connectivity index (χ1v) is 8.00. The van der Waals surface area contributed by atoms with Crippen molar-refractivity contribution in [1.82, 2.24) is 5.32 Å². The molecular weight excluding hydrogens is 334 g/mol. The molecule has 0 unspecified atom stereocenters. The van der Waals surface area contributed by atoms with E-state index in [-0.39, 0.29) is 12.3 Å². The van der Waals surface area contributed by atoms with Gasteiger partial charge in [0.1, 0.15) is 11.8 Å². The minimum absolute atomic E-state index is 0.199. The molecule has 7 heteroatoms. The van der Waals surface area contributed by atoms with Crippen LogP contribution in [-0.2, 0) is 16.0 Å². The summed E-state index contributed by atoms with van der Waals surface area (Å²) in [6.45, 7) is 1.40.